The van der Waals surface area contributed by atoms with Gasteiger partial charge >= 0.3 is 0 Å². The van der Waals surface area contributed by atoms with Crippen LogP contribution in [0.1, 0.15) is 42.5 Å². The number of aromatic amines is 1. The van der Waals surface area contributed by atoms with Crippen LogP contribution >= 0.6 is 0 Å². The van der Waals surface area contributed by atoms with E-state index in [0.29, 0.717) is 29.4 Å². The van der Waals surface area contributed by atoms with Crippen LogP contribution in [0.5, 0.6) is 0 Å². The van der Waals surface area contributed by atoms with E-state index in [0.717, 1.165) is 63.9 Å². The summed E-state index contributed by atoms with van der Waals surface area (Å²) < 4.78 is 0. The molecule has 3 fully saturated rings. The standard InChI is InChI=1S/C21H28N6O2/c1-25-9-5-16(13-25)27-14-21(6-4-19(27)28)7-10-26(11-8-21)20(29)15-2-3-17-18(12-15)23-24-22-17/h2-3,12,16H,4-11,13-14H2,1H3,(H,22,23,24)/t16-/m0/s1. The molecule has 3 saturated heterocycles. The van der Waals surface area contributed by atoms with E-state index in [4.69, 9.17) is 0 Å². The number of hydrogen-bond acceptors (Lipinski definition) is 5. The third kappa shape index (κ3) is 3.39. The average molecular weight is 396 g/mol. The van der Waals surface area contributed by atoms with Crippen molar-refractivity contribution in [1.29, 1.82) is 0 Å². The van der Waals surface area contributed by atoms with Crippen molar-refractivity contribution in [2.45, 2.75) is 38.1 Å². The first-order valence-corrected chi connectivity index (χ1v) is 10.6. The second kappa shape index (κ2) is 7.09. The van der Waals surface area contributed by atoms with Crippen LogP contribution in [0.15, 0.2) is 18.2 Å². The Balaban J connectivity index is 1.25. The SMILES string of the molecule is CN1CC[C@H](N2CC3(CCC2=O)CCN(C(=O)c2ccc4n[nH]nc4c2)CC3)C1. The smallest absolute Gasteiger partial charge is 0.253 e. The van der Waals surface area contributed by atoms with E-state index in [-0.39, 0.29) is 11.3 Å². The van der Waals surface area contributed by atoms with Gasteiger partial charge in [0.25, 0.3) is 5.91 Å². The molecule has 4 heterocycles. The number of amides is 2. The monoisotopic (exact) mass is 396 g/mol. The van der Waals surface area contributed by atoms with Crippen molar-refractivity contribution in [3.63, 3.8) is 0 Å². The van der Waals surface area contributed by atoms with E-state index >= 15 is 0 Å². The summed E-state index contributed by atoms with van der Waals surface area (Å²) in [6, 6.07) is 5.83. The van der Waals surface area contributed by atoms with Gasteiger partial charge in [0.1, 0.15) is 11.0 Å². The molecular weight excluding hydrogens is 368 g/mol. The minimum atomic E-state index is 0.0610. The molecule has 154 valence electrons. The largest absolute Gasteiger partial charge is 0.339 e. The summed E-state index contributed by atoms with van der Waals surface area (Å²) in [4.78, 5) is 32.0. The number of aromatic nitrogens is 3. The first kappa shape index (κ1) is 18.5. The van der Waals surface area contributed by atoms with Crippen molar-refractivity contribution in [2.75, 3.05) is 39.8 Å². The van der Waals surface area contributed by atoms with Crippen LogP contribution < -0.4 is 0 Å². The zero-order chi connectivity index (χ0) is 20.0. The maximum atomic E-state index is 13.0. The summed E-state index contributed by atoms with van der Waals surface area (Å²) in [5, 5.41) is 10.7. The maximum absolute atomic E-state index is 13.0. The van der Waals surface area contributed by atoms with Crippen molar-refractivity contribution < 1.29 is 9.59 Å². The van der Waals surface area contributed by atoms with E-state index in [1.54, 1.807) is 0 Å². The molecule has 1 spiro atoms. The van der Waals surface area contributed by atoms with Crippen molar-refractivity contribution >= 4 is 22.8 Å². The lowest BCUT2D eigenvalue weighted by Crippen LogP contribution is -2.55. The Morgan fingerprint density at radius 2 is 1.93 bits per heavy atom. The normalized spacial score (nSPS) is 25.3. The van der Waals surface area contributed by atoms with Crippen LogP contribution in [0.2, 0.25) is 0 Å². The predicted octanol–water partition coefficient (Wildman–Crippen LogP) is 1.51. The van der Waals surface area contributed by atoms with Gasteiger partial charge in [0.05, 0.1) is 0 Å². The molecular formula is C21H28N6O2. The summed E-state index contributed by atoms with van der Waals surface area (Å²) in [5.74, 6) is 0.376. The fourth-order valence-electron chi connectivity index (χ4n) is 5.29. The average Bonchev–Trinajstić information content (AvgIpc) is 3.38. The highest BCUT2D eigenvalue weighted by molar-refractivity contribution is 5.97. The molecule has 1 atom stereocenters. The highest BCUT2D eigenvalue weighted by Gasteiger charge is 2.44. The van der Waals surface area contributed by atoms with Gasteiger partial charge in [0, 0.05) is 44.2 Å². The molecule has 2 aromatic rings. The Morgan fingerprint density at radius 3 is 2.69 bits per heavy atom. The summed E-state index contributed by atoms with van der Waals surface area (Å²) in [6.07, 6.45) is 4.62. The van der Waals surface area contributed by atoms with Crippen LogP contribution in [0.25, 0.3) is 11.0 Å². The number of carbonyl (C=O) groups is 2. The topological polar surface area (TPSA) is 85.4 Å². The number of piperidine rings is 2. The Kier molecular flexibility index (Phi) is 4.53. The molecule has 8 nitrogen and oxygen atoms in total. The molecule has 2 amide bonds. The lowest BCUT2D eigenvalue weighted by atomic mass is 9.72. The highest BCUT2D eigenvalue weighted by atomic mass is 16.2. The molecule has 5 rings (SSSR count). The third-order valence-corrected chi connectivity index (χ3v) is 7.18. The third-order valence-electron chi connectivity index (χ3n) is 7.18. The fourth-order valence-corrected chi connectivity index (χ4v) is 5.29. The number of benzene rings is 1. The quantitative estimate of drug-likeness (QED) is 0.832. The number of likely N-dealkylation sites (N-methyl/N-ethyl adjacent to an activating group) is 1. The molecule has 0 aliphatic carbocycles. The van der Waals surface area contributed by atoms with E-state index in [2.05, 4.69) is 32.3 Å². The van der Waals surface area contributed by atoms with Crippen LogP contribution in [0.4, 0.5) is 0 Å². The van der Waals surface area contributed by atoms with E-state index in [1.807, 2.05) is 23.1 Å². The van der Waals surface area contributed by atoms with Gasteiger partial charge < -0.3 is 14.7 Å². The zero-order valence-corrected chi connectivity index (χ0v) is 16.9. The number of carbonyl (C=O) groups excluding carboxylic acids is 2. The summed E-state index contributed by atoms with van der Waals surface area (Å²) in [5.41, 5.74) is 2.31. The van der Waals surface area contributed by atoms with Crippen molar-refractivity contribution in [2.24, 2.45) is 5.41 Å². The predicted molar refractivity (Wildman–Crippen MR) is 108 cm³/mol. The molecule has 0 bridgehead atoms. The zero-order valence-electron chi connectivity index (χ0n) is 16.9. The minimum absolute atomic E-state index is 0.0610. The van der Waals surface area contributed by atoms with Crippen molar-refractivity contribution in [1.82, 2.24) is 30.1 Å². The molecule has 29 heavy (non-hydrogen) atoms. The summed E-state index contributed by atoms with van der Waals surface area (Å²) in [6.45, 7) is 4.42. The van der Waals surface area contributed by atoms with Crippen LogP contribution in [0.3, 0.4) is 0 Å². The van der Waals surface area contributed by atoms with Crippen LogP contribution in [-0.4, -0.2) is 87.7 Å². The lowest BCUT2D eigenvalue weighted by molar-refractivity contribution is -0.141. The Bertz CT molecular complexity index is 932. The van der Waals surface area contributed by atoms with Gasteiger partial charge in [-0.2, -0.15) is 15.4 Å². The number of fused-ring (bicyclic) bond motifs is 1. The van der Waals surface area contributed by atoms with Crippen molar-refractivity contribution in [3.05, 3.63) is 23.8 Å². The van der Waals surface area contributed by atoms with E-state index in [1.165, 1.54) is 0 Å². The molecule has 8 heteroatoms. The second-order valence-electron chi connectivity index (χ2n) is 9.05. The Morgan fingerprint density at radius 1 is 1.14 bits per heavy atom. The lowest BCUT2D eigenvalue weighted by Gasteiger charge is -2.49. The second-order valence-corrected chi connectivity index (χ2v) is 9.05. The summed E-state index contributed by atoms with van der Waals surface area (Å²) in [7, 11) is 2.13. The number of nitrogens with zero attached hydrogens (tertiary/aromatic N) is 5. The molecule has 0 unspecified atom stereocenters. The van der Waals surface area contributed by atoms with Gasteiger partial charge in [0.15, 0.2) is 0 Å². The molecule has 1 aromatic carbocycles. The molecule has 1 N–H and O–H groups in total. The van der Waals surface area contributed by atoms with E-state index < -0.39 is 0 Å². The maximum Gasteiger partial charge on any atom is 0.253 e. The summed E-state index contributed by atoms with van der Waals surface area (Å²) >= 11 is 0. The number of hydrogen-bond donors (Lipinski definition) is 1. The molecule has 0 saturated carbocycles. The molecule has 3 aliphatic heterocycles. The first-order valence-electron chi connectivity index (χ1n) is 10.6. The highest BCUT2D eigenvalue weighted by Crippen LogP contribution is 2.41. The van der Waals surface area contributed by atoms with Gasteiger partial charge in [-0.1, -0.05) is 0 Å². The van der Waals surface area contributed by atoms with Gasteiger partial charge in [-0.3, -0.25) is 9.59 Å². The fraction of sp³-hybridized carbons (Fsp3) is 0.619. The van der Waals surface area contributed by atoms with Crippen LogP contribution in [-0.2, 0) is 4.79 Å². The minimum Gasteiger partial charge on any atom is -0.339 e. The Hall–Kier alpha value is -2.48. The van der Waals surface area contributed by atoms with Crippen molar-refractivity contribution in [3.8, 4) is 0 Å². The molecule has 3 aliphatic rings. The van der Waals surface area contributed by atoms with Gasteiger partial charge in [-0.05, 0) is 62.9 Å². The molecule has 1 aromatic heterocycles. The first-order chi connectivity index (χ1) is 14.0. The van der Waals surface area contributed by atoms with E-state index in [9.17, 15) is 9.59 Å². The van der Waals surface area contributed by atoms with Gasteiger partial charge in [-0.25, -0.2) is 0 Å². The Labute approximate surface area is 170 Å². The number of likely N-dealkylation sites (tertiary alicyclic amines) is 3. The van der Waals surface area contributed by atoms with Gasteiger partial charge in [-0.15, -0.1) is 0 Å². The number of nitrogens with one attached hydrogen (secondary N) is 1. The van der Waals surface area contributed by atoms with Gasteiger partial charge in [0.2, 0.25) is 5.91 Å². The number of rotatable bonds is 2. The number of H-pyrrole nitrogens is 1. The molecule has 0 radical (unpaired) electrons. The van der Waals surface area contributed by atoms with Crippen LogP contribution in [0, 0.1) is 5.41 Å².